The van der Waals surface area contributed by atoms with Crippen LogP contribution >= 0.6 is 0 Å². The van der Waals surface area contributed by atoms with Crippen LogP contribution < -0.4 is 0 Å². The zero-order valence-electron chi connectivity index (χ0n) is 13.5. The van der Waals surface area contributed by atoms with Crippen LogP contribution in [-0.4, -0.2) is 11.6 Å². The molecule has 0 unspecified atom stereocenters. The lowest BCUT2D eigenvalue weighted by molar-refractivity contribution is -0.157. The second-order valence-electron chi connectivity index (χ2n) is 8.93. The summed E-state index contributed by atoms with van der Waals surface area (Å²) in [5.74, 6) is 2.88. The molecule has 4 fully saturated rings. The minimum absolute atomic E-state index is 0.0470. The molecule has 0 amide bonds. The molecule has 0 aromatic heterocycles. The van der Waals surface area contributed by atoms with Crippen molar-refractivity contribution in [3.8, 4) is 0 Å². The molecule has 0 N–H and O–H groups in total. The first-order chi connectivity index (χ1) is 9.94. The highest BCUT2D eigenvalue weighted by Gasteiger charge is 2.60. The van der Waals surface area contributed by atoms with Crippen molar-refractivity contribution in [3.63, 3.8) is 0 Å². The molecule has 0 heterocycles. The number of rotatable bonds is 0. The maximum Gasteiger partial charge on any atom is 0.137 e. The Hall–Kier alpha value is -0.660. The smallest absolute Gasteiger partial charge is 0.137 e. The molecule has 21 heavy (non-hydrogen) atoms. The lowest BCUT2D eigenvalue weighted by Gasteiger charge is -2.58. The fourth-order valence-corrected chi connectivity index (χ4v) is 6.83. The third-order valence-electron chi connectivity index (χ3n) is 8.06. The Kier molecular flexibility index (Phi) is 2.94. The molecule has 0 saturated heterocycles. The number of carbonyl (C=O) groups is 2. The van der Waals surface area contributed by atoms with Crippen molar-refractivity contribution in [2.24, 2.45) is 34.5 Å². The molecule has 0 spiro atoms. The van der Waals surface area contributed by atoms with E-state index >= 15 is 0 Å². The predicted molar refractivity (Wildman–Crippen MR) is 81.7 cm³/mol. The highest BCUT2D eigenvalue weighted by Crippen LogP contribution is 2.65. The van der Waals surface area contributed by atoms with Gasteiger partial charge in [0.1, 0.15) is 11.6 Å². The first-order valence-electron chi connectivity index (χ1n) is 8.98. The van der Waals surface area contributed by atoms with Gasteiger partial charge in [0.2, 0.25) is 0 Å². The lowest BCUT2D eigenvalue weighted by atomic mass is 9.45. The van der Waals surface area contributed by atoms with Gasteiger partial charge in [0.25, 0.3) is 0 Å². The van der Waals surface area contributed by atoms with Crippen LogP contribution in [0.3, 0.4) is 0 Å². The van der Waals surface area contributed by atoms with E-state index in [9.17, 15) is 9.59 Å². The van der Waals surface area contributed by atoms with Crippen molar-refractivity contribution < 1.29 is 9.59 Å². The van der Waals surface area contributed by atoms with E-state index in [1.54, 1.807) is 0 Å². The van der Waals surface area contributed by atoms with Crippen LogP contribution in [-0.2, 0) is 9.59 Å². The maximum absolute atomic E-state index is 12.8. The van der Waals surface area contributed by atoms with Crippen molar-refractivity contribution >= 4 is 11.6 Å². The summed E-state index contributed by atoms with van der Waals surface area (Å²) in [6.45, 7) is 4.82. The van der Waals surface area contributed by atoms with Crippen LogP contribution in [0.1, 0.15) is 71.6 Å². The summed E-state index contributed by atoms with van der Waals surface area (Å²) in [6.07, 6.45) is 9.71. The van der Waals surface area contributed by atoms with E-state index in [0.29, 0.717) is 41.7 Å². The summed E-state index contributed by atoms with van der Waals surface area (Å²) in [4.78, 5) is 24.6. The standard InChI is InChI=1S/C19H28O2/c1-18-7-3-4-14(18)13-11-17(21)16-10-12(20)5-9-19(16,2)15(13)6-8-18/h13-16H,3-11H2,1-2H3/t13-,14+,15-,16+,18+,19-/m0/s1. The van der Waals surface area contributed by atoms with Crippen LogP contribution in [0.2, 0.25) is 0 Å². The van der Waals surface area contributed by atoms with Gasteiger partial charge < -0.3 is 0 Å². The topological polar surface area (TPSA) is 34.1 Å². The van der Waals surface area contributed by atoms with Crippen molar-refractivity contribution in [3.05, 3.63) is 0 Å². The molecule has 0 bridgehead atoms. The van der Waals surface area contributed by atoms with Crippen molar-refractivity contribution in [1.29, 1.82) is 0 Å². The van der Waals surface area contributed by atoms with Gasteiger partial charge in [-0.1, -0.05) is 20.3 Å². The van der Waals surface area contributed by atoms with Gasteiger partial charge in [0, 0.05) is 25.2 Å². The Labute approximate surface area is 128 Å². The van der Waals surface area contributed by atoms with E-state index < -0.39 is 0 Å². The largest absolute Gasteiger partial charge is 0.300 e. The van der Waals surface area contributed by atoms with E-state index in [0.717, 1.165) is 18.8 Å². The second kappa shape index (κ2) is 4.43. The Balaban J connectivity index is 1.70. The summed E-state index contributed by atoms with van der Waals surface area (Å²) in [7, 11) is 0. The maximum atomic E-state index is 12.8. The molecule has 116 valence electrons. The average Bonchev–Trinajstić information content (AvgIpc) is 2.83. The Morgan fingerprint density at radius 1 is 0.952 bits per heavy atom. The quantitative estimate of drug-likeness (QED) is 0.670. The van der Waals surface area contributed by atoms with Crippen LogP contribution in [0, 0.1) is 34.5 Å². The van der Waals surface area contributed by atoms with Gasteiger partial charge in [-0.15, -0.1) is 0 Å². The van der Waals surface area contributed by atoms with Crippen molar-refractivity contribution in [1.82, 2.24) is 0 Å². The van der Waals surface area contributed by atoms with E-state index in [1.807, 2.05) is 0 Å². The minimum atomic E-state index is 0.0470. The van der Waals surface area contributed by atoms with Gasteiger partial charge >= 0.3 is 0 Å². The highest BCUT2D eigenvalue weighted by molar-refractivity contribution is 5.90. The normalized spacial score (nSPS) is 53.0. The SMILES string of the molecule is C[C@]12CCC[C@@H]1[C@@H]1CC(=O)[C@H]3CC(=O)CC[C@@]3(C)[C@H]1CC2. The predicted octanol–water partition coefficient (Wildman–Crippen LogP) is 4.17. The molecule has 4 rings (SSSR count). The van der Waals surface area contributed by atoms with E-state index in [4.69, 9.17) is 0 Å². The van der Waals surface area contributed by atoms with Gasteiger partial charge in [0.15, 0.2) is 0 Å². The summed E-state index contributed by atoms with van der Waals surface area (Å²) in [6, 6.07) is 0. The molecule has 0 radical (unpaired) electrons. The fourth-order valence-electron chi connectivity index (χ4n) is 6.83. The Morgan fingerprint density at radius 3 is 2.57 bits per heavy atom. The first-order valence-corrected chi connectivity index (χ1v) is 8.98. The van der Waals surface area contributed by atoms with E-state index in [-0.39, 0.29) is 11.3 Å². The molecule has 6 atom stereocenters. The van der Waals surface area contributed by atoms with E-state index in [2.05, 4.69) is 13.8 Å². The third-order valence-corrected chi connectivity index (χ3v) is 8.06. The summed E-state index contributed by atoms with van der Waals surface area (Å²) in [5.41, 5.74) is 0.632. The van der Waals surface area contributed by atoms with Gasteiger partial charge in [-0.2, -0.15) is 0 Å². The number of hydrogen-bond donors (Lipinski definition) is 0. The zero-order valence-corrected chi connectivity index (χ0v) is 13.5. The minimum Gasteiger partial charge on any atom is -0.300 e. The van der Waals surface area contributed by atoms with Crippen LogP contribution in [0.5, 0.6) is 0 Å². The number of ketones is 2. The molecule has 0 aromatic carbocycles. The highest BCUT2D eigenvalue weighted by atomic mass is 16.1. The molecular formula is C19H28O2. The number of fused-ring (bicyclic) bond motifs is 5. The average molecular weight is 288 g/mol. The molecular weight excluding hydrogens is 260 g/mol. The molecule has 4 aliphatic rings. The van der Waals surface area contributed by atoms with Gasteiger partial charge in [-0.25, -0.2) is 0 Å². The van der Waals surface area contributed by atoms with E-state index in [1.165, 1.54) is 32.1 Å². The molecule has 0 aromatic rings. The van der Waals surface area contributed by atoms with Crippen LogP contribution in [0.25, 0.3) is 0 Å². The molecule has 4 saturated carbocycles. The first kappa shape index (κ1) is 14.0. The van der Waals surface area contributed by atoms with Crippen molar-refractivity contribution in [2.75, 3.05) is 0 Å². The summed E-state index contributed by atoms with van der Waals surface area (Å²) in [5, 5.41) is 0. The zero-order chi connectivity index (χ0) is 14.8. The number of Topliss-reactive ketones (excluding diaryl/α,β-unsaturated/α-hetero) is 2. The third kappa shape index (κ3) is 1.83. The monoisotopic (exact) mass is 288 g/mol. The lowest BCUT2D eigenvalue weighted by Crippen LogP contribution is -2.56. The molecule has 4 aliphatic carbocycles. The Bertz CT molecular complexity index is 496. The van der Waals surface area contributed by atoms with Crippen molar-refractivity contribution in [2.45, 2.75) is 71.6 Å². The summed E-state index contributed by atoms with van der Waals surface area (Å²) >= 11 is 0. The summed E-state index contributed by atoms with van der Waals surface area (Å²) < 4.78 is 0. The van der Waals surface area contributed by atoms with Gasteiger partial charge in [-0.3, -0.25) is 9.59 Å². The number of carbonyl (C=O) groups excluding carboxylic acids is 2. The molecule has 0 aliphatic heterocycles. The number of hydrogen-bond acceptors (Lipinski definition) is 2. The van der Waals surface area contributed by atoms with Gasteiger partial charge in [-0.05, 0) is 60.7 Å². The van der Waals surface area contributed by atoms with Gasteiger partial charge in [0.05, 0.1) is 0 Å². The molecule has 2 nitrogen and oxygen atoms in total. The molecule has 2 heteroatoms. The van der Waals surface area contributed by atoms with Crippen LogP contribution in [0.4, 0.5) is 0 Å². The fraction of sp³-hybridized carbons (Fsp3) is 0.895. The Morgan fingerprint density at radius 2 is 1.76 bits per heavy atom. The van der Waals surface area contributed by atoms with Crippen LogP contribution in [0.15, 0.2) is 0 Å². The second-order valence-corrected chi connectivity index (χ2v) is 8.93.